The molecule has 0 bridgehead atoms. The minimum Gasteiger partial charge on any atom is -0.480 e. The van der Waals surface area contributed by atoms with Crippen molar-refractivity contribution in [2.24, 2.45) is 33.8 Å². The van der Waals surface area contributed by atoms with Crippen LogP contribution in [0.25, 0.3) is 0 Å². The molecule has 1 saturated heterocycles. The average Bonchev–Trinajstić information content (AvgIpc) is 3.52. The lowest BCUT2D eigenvalue weighted by Crippen LogP contribution is -2.60. The largest absolute Gasteiger partial charge is 0.480 e. The van der Waals surface area contributed by atoms with Gasteiger partial charge < -0.3 is 59.5 Å². The highest BCUT2D eigenvalue weighted by Gasteiger charge is 2.40. The number of hydrogen-bond acceptors (Lipinski definition) is 11. The molecule has 1 rings (SSSR count). The maximum absolute atomic E-state index is 13.5. The molecule has 49 heavy (non-hydrogen) atoms. The van der Waals surface area contributed by atoms with Gasteiger partial charge in [0.25, 0.3) is 0 Å². The van der Waals surface area contributed by atoms with Crippen LogP contribution < -0.4 is 49.5 Å². The molecule has 0 aliphatic carbocycles. The SMILES string of the molecule is CC(C)[C@H](NC(=O)[C@H](CCCN=C(N)N)NC(=O)CN)C(=O)N[C@@H](C)C(=O)N[C@@H](CC(N)=O)C(=O)N1CCC[C@H]1C(=O)N[C@@H](CS)C(=O)O. The number of nitrogens with two attached hydrogens (primary N) is 4. The fourth-order valence-corrected chi connectivity index (χ4v) is 5.09. The topological polar surface area (TPSA) is 337 Å². The van der Waals surface area contributed by atoms with E-state index >= 15 is 0 Å². The van der Waals surface area contributed by atoms with E-state index in [-0.39, 0.29) is 44.2 Å². The summed E-state index contributed by atoms with van der Waals surface area (Å²) in [7, 11) is 0. The van der Waals surface area contributed by atoms with Crippen LogP contribution in [0.15, 0.2) is 4.99 Å². The van der Waals surface area contributed by atoms with Crippen LogP contribution in [0.1, 0.15) is 52.9 Å². The Morgan fingerprint density at radius 1 is 0.878 bits per heavy atom. The van der Waals surface area contributed by atoms with Crippen molar-refractivity contribution in [1.29, 1.82) is 0 Å². The summed E-state index contributed by atoms with van der Waals surface area (Å²) in [6, 6.07) is -7.42. The molecule has 20 nitrogen and oxygen atoms in total. The highest BCUT2D eigenvalue weighted by molar-refractivity contribution is 7.80. The number of carbonyl (C=O) groups is 8. The molecule has 21 heteroatoms. The van der Waals surface area contributed by atoms with E-state index in [1.807, 2.05) is 0 Å². The number of amides is 7. The van der Waals surface area contributed by atoms with Crippen LogP contribution in [0, 0.1) is 5.92 Å². The van der Waals surface area contributed by atoms with Crippen molar-refractivity contribution < 1.29 is 43.5 Å². The van der Waals surface area contributed by atoms with E-state index in [9.17, 15) is 43.5 Å². The Morgan fingerprint density at radius 3 is 2.06 bits per heavy atom. The second-order valence-electron chi connectivity index (χ2n) is 11.7. The smallest absolute Gasteiger partial charge is 0.327 e. The van der Waals surface area contributed by atoms with Crippen molar-refractivity contribution in [2.45, 2.75) is 89.1 Å². The normalized spacial score (nSPS) is 17.0. The summed E-state index contributed by atoms with van der Waals surface area (Å²) in [5.74, 6) is -7.57. The van der Waals surface area contributed by atoms with E-state index in [2.05, 4.69) is 44.2 Å². The molecule has 14 N–H and O–H groups in total. The van der Waals surface area contributed by atoms with E-state index in [0.29, 0.717) is 12.8 Å². The van der Waals surface area contributed by atoms with Crippen LogP contribution in [0.5, 0.6) is 0 Å². The summed E-state index contributed by atoms with van der Waals surface area (Å²) in [5.41, 5.74) is 21.3. The van der Waals surface area contributed by atoms with Gasteiger partial charge in [0, 0.05) is 18.8 Å². The predicted molar refractivity (Wildman–Crippen MR) is 179 cm³/mol. The first-order valence-corrected chi connectivity index (χ1v) is 16.2. The first kappa shape index (κ1) is 42.4. The number of hydrogen-bond donors (Lipinski definition) is 11. The fraction of sp³-hybridized carbons (Fsp3) is 0.679. The van der Waals surface area contributed by atoms with E-state index in [4.69, 9.17) is 22.9 Å². The number of rotatable bonds is 20. The van der Waals surface area contributed by atoms with Gasteiger partial charge in [0.2, 0.25) is 41.4 Å². The number of primary amides is 1. The molecule has 6 atom stereocenters. The Morgan fingerprint density at radius 2 is 1.53 bits per heavy atom. The van der Waals surface area contributed by atoms with Crippen molar-refractivity contribution in [3.63, 3.8) is 0 Å². The summed E-state index contributed by atoms with van der Waals surface area (Å²) in [6.07, 6.45) is 0.387. The first-order chi connectivity index (χ1) is 22.9. The molecule has 0 saturated carbocycles. The van der Waals surface area contributed by atoms with Crippen molar-refractivity contribution in [3.05, 3.63) is 0 Å². The highest BCUT2D eigenvalue weighted by Crippen LogP contribution is 2.20. The van der Waals surface area contributed by atoms with Crippen LogP contribution >= 0.6 is 12.6 Å². The molecule has 0 aromatic rings. The second kappa shape index (κ2) is 20.6. The Labute approximate surface area is 289 Å². The number of nitrogens with zero attached hydrogens (tertiary/aromatic N) is 2. The van der Waals surface area contributed by atoms with Crippen LogP contribution in [0.2, 0.25) is 0 Å². The Kier molecular flexibility index (Phi) is 17.9. The number of carboxylic acids is 1. The summed E-state index contributed by atoms with van der Waals surface area (Å²) in [5, 5.41) is 21.5. The third-order valence-corrected chi connectivity index (χ3v) is 7.80. The lowest BCUT2D eigenvalue weighted by molar-refractivity contribution is -0.145. The van der Waals surface area contributed by atoms with Crippen LogP contribution in [0.4, 0.5) is 0 Å². The van der Waals surface area contributed by atoms with E-state index < -0.39 is 95.9 Å². The van der Waals surface area contributed by atoms with Gasteiger partial charge in [-0.15, -0.1) is 0 Å². The zero-order valence-corrected chi connectivity index (χ0v) is 28.7. The quantitative estimate of drug-likeness (QED) is 0.0244. The molecule has 7 amide bonds. The number of likely N-dealkylation sites (tertiary alicyclic amines) is 1. The molecule has 0 radical (unpaired) electrons. The molecule has 276 valence electrons. The van der Waals surface area contributed by atoms with E-state index in [0.717, 1.165) is 4.90 Å². The zero-order valence-electron chi connectivity index (χ0n) is 27.8. The Hall–Kier alpha value is -4.66. The second-order valence-corrected chi connectivity index (χ2v) is 12.1. The number of guanidine groups is 1. The van der Waals surface area contributed by atoms with Gasteiger partial charge in [-0.05, 0) is 38.5 Å². The van der Waals surface area contributed by atoms with Gasteiger partial charge in [-0.25, -0.2) is 4.79 Å². The van der Waals surface area contributed by atoms with Gasteiger partial charge in [0.05, 0.1) is 13.0 Å². The lowest BCUT2D eigenvalue weighted by Gasteiger charge is -2.30. The average molecular weight is 716 g/mol. The Balaban J connectivity index is 3.02. The van der Waals surface area contributed by atoms with Crippen molar-refractivity contribution in [2.75, 3.05) is 25.4 Å². The summed E-state index contributed by atoms with van der Waals surface area (Å²) >= 11 is 3.92. The molecule has 1 aliphatic heterocycles. The maximum atomic E-state index is 13.5. The number of nitrogens with one attached hydrogen (secondary N) is 5. The van der Waals surface area contributed by atoms with Crippen LogP contribution in [0.3, 0.4) is 0 Å². The monoisotopic (exact) mass is 715 g/mol. The maximum Gasteiger partial charge on any atom is 0.327 e. The van der Waals surface area contributed by atoms with Gasteiger partial charge >= 0.3 is 5.97 Å². The van der Waals surface area contributed by atoms with Crippen molar-refractivity contribution in [1.82, 2.24) is 31.5 Å². The molecule has 0 aromatic heterocycles. The highest BCUT2D eigenvalue weighted by atomic mass is 32.1. The number of carboxylic acid groups (broad SMARTS) is 1. The summed E-state index contributed by atoms with van der Waals surface area (Å²) < 4.78 is 0. The minimum atomic E-state index is -1.51. The number of aliphatic carboxylic acids is 1. The van der Waals surface area contributed by atoms with Gasteiger partial charge in [-0.3, -0.25) is 38.6 Å². The standard InChI is InChI=1S/C28H49N11O9S/c1-13(2)21(38-23(43)15(35-20(41)11-29)6-4-8-33-28(31)32)25(45)34-14(3)22(42)36-16(10-19(30)40)26(46)39-9-5-7-18(39)24(44)37-17(12-49)27(47)48/h13-18,21,49H,4-12,29H2,1-3H3,(H2,30,40)(H,34,45)(H,35,41)(H,36,42)(H,37,44)(H,38,43)(H,47,48)(H4,31,32,33)/t14-,15-,16-,17-,18-,21-/m0/s1. The number of thiol groups is 1. The molecular weight excluding hydrogens is 666 g/mol. The third-order valence-electron chi connectivity index (χ3n) is 7.44. The van der Waals surface area contributed by atoms with Gasteiger partial charge in [0.15, 0.2) is 5.96 Å². The minimum absolute atomic E-state index is 0.0870. The molecule has 0 aromatic carbocycles. The molecule has 0 unspecified atom stereocenters. The summed E-state index contributed by atoms with van der Waals surface area (Å²) in [4.78, 5) is 106. The number of aliphatic imine (C=N–C) groups is 1. The molecule has 1 aliphatic rings. The fourth-order valence-electron chi connectivity index (χ4n) is 4.84. The van der Waals surface area contributed by atoms with Crippen molar-refractivity contribution in [3.8, 4) is 0 Å². The predicted octanol–water partition coefficient (Wildman–Crippen LogP) is -5.02. The lowest BCUT2D eigenvalue weighted by atomic mass is 10.0. The first-order valence-electron chi connectivity index (χ1n) is 15.6. The van der Waals surface area contributed by atoms with E-state index in [1.54, 1.807) is 13.8 Å². The summed E-state index contributed by atoms with van der Waals surface area (Å²) in [6.45, 7) is 4.47. The van der Waals surface area contributed by atoms with Gasteiger partial charge in [0.1, 0.15) is 36.3 Å². The van der Waals surface area contributed by atoms with Crippen LogP contribution in [-0.2, 0) is 38.4 Å². The Bertz CT molecular complexity index is 1260. The molecular formula is C28H49N11O9S. The molecule has 0 spiro atoms. The number of carbonyl (C=O) groups excluding carboxylic acids is 7. The molecule has 1 fully saturated rings. The van der Waals surface area contributed by atoms with Crippen LogP contribution in [-0.4, -0.2) is 125 Å². The van der Waals surface area contributed by atoms with Gasteiger partial charge in [-0.1, -0.05) is 13.8 Å². The van der Waals surface area contributed by atoms with E-state index in [1.165, 1.54) is 6.92 Å². The van der Waals surface area contributed by atoms with Gasteiger partial charge in [-0.2, -0.15) is 12.6 Å². The zero-order chi connectivity index (χ0) is 37.4. The van der Waals surface area contributed by atoms with Crippen molar-refractivity contribution >= 4 is 65.9 Å². The molecule has 1 heterocycles. The third kappa shape index (κ3) is 14.2.